The lowest BCUT2D eigenvalue weighted by Gasteiger charge is -2.06. The Morgan fingerprint density at radius 3 is 2.76 bits per heavy atom. The largest absolute Gasteiger partial charge is 0.384 e. The van der Waals surface area contributed by atoms with Gasteiger partial charge in [-0.15, -0.1) is 0 Å². The number of nitrogens with two attached hydrogens (primary N) is 1. The summed E-state index contributed by atoms with van der Waals surface area (Å²) in [7, 11) is 0. The van der Waals surface area contributed by atoms with Gasteiger partial charge in [-0.3, -0.25) is 0 Å². The fourth-order valence-corrected chi connectivity index (χ4v) is 1.61. The van der Waals surface area contributed by atoms with Crippen LogP contribution in [0.2, 0.25) is 0 Å². The first-order chi connectivity index (χ1) is 8.08. The molecule has 0 bridgehead atoms. The number of rotatable bonds is 3. The van der Waals surface area contributed by atoms with Crippen molar-refractivity contribution < 1.29 is 8.78 Å². The molecule has 5 heteroatoms. The van der Waals surface area contributed by atoms with E-state index in [1.54, 1.807) is 23.0 Å². The highest BCUT2D eigenvalue weighted by atomic mass is 19.3. The summed E-state index contributed by atoms with van der Waals surface area (Å²) >= 11 is 0. The van der Waals surface area contributed by atoms with Crippen molar-refractivity contribution in [1.82, 2.24) is 9.78 Å². The lowest BCUT2D eigenvalue weighted by molar-refractivity contribution is 0.151. The predicted octanol–water partition coefficient (Wildman–Crippen LogP) is 2.76. The third kappa shape index (κ3) is 2.43. The number of halogens is 2. The Morgan fingerprint density at radius 1 is 1.41 bits per heavy atom. The van der Waals surface area contributed by atoms with E-state index in [0.717, 1.165) is 11.1 Å². The Balaban J connectivity index is 2.24. The highest BCUT2D eigenvalue weighted by molar-refractivity contribution is 5.38. The second-order valence-electron chi connectivity index (χ2n) is 3.92. The fourth-order valence-electron chi connectivity index (χ4n) is 1.61. The summed E-state index contributed by atoms with van der Waals surface area (Å²) in [6.07, 6.45) is -0.793. The van der Waals surface area contributed by atoms with E-state index in [0.29, 0.717) is 12.4 Å². The molecule has 0 unspecified atom stereocenters. The highest BCUT2D eigenvalue weighted by Gasteiger charge is 2.08. The van der Waals surface area contributed by atoms with E-state index in [1.807, 2.05) is 6.92 Å². The topological polar surface area (TPSA) is 43.8 Å². The van der Waals surface area contributed by atoms with Gasteiger partial charge >= 0.3 is 0 Å². The van der Waals surface area contributed by atoms with E-state index in [2.05, 4.69) is 5.10 Å². The summed E-state index contributed by atoms with van der Waals surface area (Å²) in [5, 5.41) is 4.09. The smallest absolute Gasteiger partial charge is 0.263 e. The van der Waals surface area contributed by atoms with Crippen LogP contribution in [0.5, 0.6) is 0 Å². The maximum Gasteiger partial charge on any atom is 0.263 e. The van der Waals surface area contributed by atoms with Crippen molar-refractivity contribution in [2.24, 2.45) is 0 Å². The van der Waals surface area contributed by atoms with E-state index < -0.39 is 6.43 Å². The van der Waals surface area contributed by atoms with Crippen molar-refractivity contribution in [2.75, 3.05) is 5.73 Å². The van der Waals surface area contributed by atoms with Crippen molar-refractivity contribution in [3.63, 3.8) is 0 Å². The molecular weight excluding hydrogens is 224 g/mol. The van der Waals surface area contributed by atoms with Gasteiger partial charge in [0, 0.05) is 11.1 Å². The van der Waals surface area contributed by atoms with E-state index in [9.17, 15) is 8.78 Å². The number of nitrogen functional groups attached to an aromatic ring is 1. The Kier molecular flexibility index (Phi) is 3.08. The zero-order chi connectivity index (χ0) is 12.4. The molecule has 2 N–H and O–H groups in total. The van der Waals surface area contributed by atoms with Crippen molar-refractivity contribution >= 4 is 5.82 Å². The van der Waals surface area contributed by atoms with Crippen molar-refractivity contribution in [3.8, 4) is 0 Å². The van der Waals surface area contributed by atoms with Gasteiger partial charge < -0.3 is 5.73 Å². The summed E-state index contributed by atoms with van der Waals surface area (Å²) < 4.78 is 26.6. The number of benzene rings is 1. The van der Waals surface area contributed by atoms with Gasteiger partial charge in [0.2, 0.25) is 0 Å². The standard InChI is InChI=1S/C12H13F2N3/c1-8-6-16-17(12(8)15)7-9-3-2-4-10(5-9)11(13)14/h2-6,11H,7,15H2,1H3. The summed E-state index contributed by atoms with van der Waals surface area (Å²) in [4.78, 5) is 0. The third-order valence-corrected chi connectivity index (χ3v) is 2.61. The summed E-state index contributed by atoms with van der Waals surface area (Å²) in [6, 6.07) is 6.28. The quantitative estimate of drug-likeness (QED) is 0.892. The minimum Gasteiger partial charge on any atom is -0.384 e. The molecule has 0 saturated carbocycles. The van der Waals surface area contributed by atoms with Crippen LogP contribution in [0.15, 0.2) is 30.5 Å². The molecule has 0 aliphatic rings. The Labute approximate surface area is 97.9 Å². The molecule has 0 spiro atoms. The third-order valence-electron chi connectivity index (χ3n) is 2.61. The van der Waals surface area contributed by atoms with Gasteiger partial charge in [0.25, 0.3) is 6.43 Å². The van der Waals surface area contributed by atoms with E-state index in [4.69, 9.17) is 5.73 Å². The van der Waals surface area contributed by atoms with Gasteiger partial charge in [0.05, 0.1) is 12.7 Å². The molecule has 1 heterocycles. The molecule has 17 heavy (non-hydrogen) atoms. The summed E-state index contributed by atoms with van der Waals surface area (Å²) in [5.74, 6) is 0.562. The lowest BCUT2D eigenvalue weighted by atomic mass is 10.1. The number of nitrogens with zero attached hydrogens (tertiary/aromatic N) is 2. The van der Waals surface area contributed by atoms with Crippen LogP contribution < -0.4 is 5.73 Å². The van der Waals surface area contributed by atoms with E-state index in [1.165, 1.54) is 12.1 Å². The molecule has 90 valence electrons. The monoisotopic (exact) mass is 237 g/mol. The number of aryl methyl sites for hydroxylation is 1. The van der Waals surface area contributed by atoms with Crippen LogP contribution in [-0.2, 0) is 6.54 Å². The molecule has 0 atom stereocenters. The molecule has 2 rings (SSSR count). The molecule has 0 radical (unpaired) electrons. The zero-order valence-corrected chi connectivity index (χ0v) is 9.40. The predicted molar refractivity (Wildman–Crippen MR) is 61.9 cm³/mol. The summed E-state index contributed by atoms with van der Waals surface area (Å²) in [5.41, 5.74) is 7.47. The first-order valence-electron chi connectivity index (χ1n) is 5.23. The Hall–Kier alpha value is -1.91. The van der Waals surface area contributed by atoms with E-state index in [-0.39, 0.29) is 5.56 Å². The molecule has 0 amide bonds. The van der Waals surface area contributed by atoms with Crippen molar-refractivity contribution in [1.29, 1.82) is 0 Å². The van der Waals surface area contributed by atoms with Gasteiger partial charge in [0.15, 0.2) is 0 Å². The molecule has 3 nitrogen and oxygen atoms in total. The summed E-state index contributed by atoms with van der Waals surface area (Å²) in [6.45, 7) is 2.26. The molecule has 0 fully saturated rings. The number of aromatic nitrogens is 2. The first-order valence-corrected chi connectivity index (χ1v) is 5.23. The van der Waals surface area contributed by atoms with Crippen LogP contribution in [0.25, 0.3) is 0 Å². The second kappa shape index (κ2) is 4.53. The van der Waals surface area contributed by atoms with Gasteiger partial charge in [0.1, 0.15) is 5.82 Å². The minimum absolute atomic E-state index is 0.0185. The van der Waals surface area contributed by atoms with Gasteiger partial charge in [-0.25, -0.2) is 13.5 Å². The molecule has 1 aromatic carbocycles. The Morgan fingerprint density at radius 2 is 2.18 bits per heavy atom. The zero-order valence-electron chi connectivity index (χ0n) is 9.40. The molecule has 1 aromatic heterocycles. The molecule has 0 aliphatic heterocycles. The molecular formula is C12H13F2N3. The van der Waals surface area contributed by atoms with Crippen molar-refractivity contribution in [2.45, 2.75) is 19.9 Å². The number of alkyl halides is 2. The minimum atomic E-state index is -2.45. The fraction of sp³-hybridized carbons (Fsp3) is 0.250. The first kappa shape index (κ1) is 11.6. The molecule has 0 aliphatic carbocycles. The average molecular weight is 237 g/mol. The van der Waals surface area contributed by atoms with Crippen LogP contribution in [0.3, 0.4) is 0 Å². The van der Waals surface area contributed by atoms with Crippen LogP contribution in [0, 0.1) is 6.92 Å². The van der Waals surface area contributed by atoms with Crippen LogP contribution >= 0.6 is 0 Å². The van der Waals surface area contributed by atoms with Gasteiger partial charge in [-0.1, -0.05) is 18.2 Å². The van der Waals surface area contributed by atoms with Crippen LogP contribution in [0.4, 0.5) is 14.6 Å². The normalized spacial score (nSPS) is 11.1. The highest BCUT2D eigenvalue weighted by Crippen LogP contribution is 2.20. The maximum absolute atomic E-state index is 12.5. The number of hydrogen-bond acceptors (Lipinski definition) is 2. The SMILES string of the molecule is Cc1cnn(Cc2cccc(C(F)F)c2)c1N. The van der Waals surface area contributed by atoms with Crippen molar-refractivity contribution in [3.05, 3.63) is 47.2 Å². The van der Waals surface area contributed by atoms with Crippen LogP contribution in [-0.4, -0.2) is 9.78 Å². The van der Waals surface area contributed by atoms with E-state index >= 15 is 0 Å². The van der Waals surface area contributed by atoms with Gasteiger partial charge in [-0.2, -0.15) is 5.10 Å². The Bertz CT molecular complexity index is 520. The maximum atomic E-state index is 12.5. The number of anilines is 1. The molecule has 0 saturated heterocycles. The van der Waals surface area contributed by atoms with Crippen LogP contribution in [0.1, 0.15) is 23.1 Å². The lowest BCUT2D eigenvalue weighted by Crippen LogP contribution is -2.06. The molecule has 2 aromatic rings. The average Bonchev–Trinajstić information content (AvgIpc) is 2.61. The van der Waals surface area contributed by atoms with Gasteiger partial charge in [-0.05, 0) is 18.6 Å². The second-order valence-corrected chi connectivity index (χ2v) is 3.92. The number of hydrogen-bond donors (Lipinski definition) is 1.